The molecule has 1 fully saturated rings. The molecule has 1 aromatic carbocycles. The van der Waals surface area contributed by atoms with Gasteiger partial charge in [0.05, 0.1) is 18.2 Å². The predicted octanol–water partition coefficient (Wildman–Crippen LogP) is 3.72. The molecular formula is C14H20ClNO2. The second-order valence-electron chi connectivity index (χ2n) is 4.62. The maximum atomic E-state index is 6.11. The lowest BCUT2D eigenvalue weighted by Crippen LogP contribution is -2.33. The van der Waals surface area contributed by atoms with Crippen LogP contribution >= 0.6 is 11.6 Å². The van der Waals surface area contributed by atoms with E-state index in [-0.39, 0.29) is 0 Å². The Labute approximate surface area is 113 Å². The van der Waals surface area contributed by atoms with Crippen LogP contribution in [0, 0.1) is 0 Å². The van der Waals surface area contributed by atoms with E-state index in [1.165, 1.54) is 0 Å². The molecule has 1 aromatic rings. The Morgan fingerprint density at radius 3 is 3.00 bits per heavy atom. The normalized spacial score (nSPS) is 23.7. The first-order chi connectivity index (χ1) is 8.72. The smallest absolute Gasteiger partial charge is 0.137 e. The van der Waals surface area contributed by atoms with Crippen LogP contribution in [-0.2, 0) is 4.74 Å². The summed E-state index contributed by atoms with van der Waals surface area (Å²) in [6.45, 7) is 3.00. The molecule has 1 heterocycles. The van der Waals surface area contributed by atoms with Crippen LogP contribution in [0.3, 0.4) is 0 Å². The van der Waals surface area contributed by atoms with Crippen LogP contribution in [0.4, 0.5) is 5.69 Å². The summed E-state index contributed by atoms with van der Waals surface area (Å²) in [4.78, 5) is 0. The molecule has 2 atom stereocenters. The van der Waals surface area contributed by atoms with Crippen LogP contribution in [0.2, 0.25) is 5.02 Å². The van der Waals surface area contributed by atoms with Gasteiger partial charge in [-0.1, -0.05) is 18.5 Å². The number of hydrogen-bond donors (Lipinski definition) is 1. The molecule has 0 bridgehead atoms. The van der Waals surface area contributed by atoms with Crippen molar-refractivity contribution in [2.24, 2.45) is 0 Å². The van der Waals surface area contributed by atoms with E-state index in [0.717, 1.165) is 31.6 Å². The zero-order chi connectivity index (χ0) is 13.0. The first kappa shape index (κ1) is 13.5. The number of halogens is 1. The van der Waals surface area contributed by atoms with Crippen molar-refractivity contribution in [3.63, 3.8) is 0 Å². The van der Waals surface area contributed by atoms with E-state index in [1.807, 2.05) is 18.2 Å². The average molecular weight is 270 g/mol. The van der Waals surface area contributed by atoms with Crippen LogP contribution in [0.1, 0.15) is 26.2 Å². The van der Waals surface area contributed by atoms with Crippen molar-refractivity contribution in [3.8, 4) is 5.75 Å². The standard InChI is InChI=1S/C14H20ClNO2/c1-3-12-8-11(6-7-18-12)16-10-4-5-14(17-2)13(15)9-10/h4-5,9,11-12,16H,3,6-8H2,1-2H3. The van der Waals surface area contributed by atoms with E-state index in [4.69, 9.17) is 21.1 Å². The van der Waals surface area contributed by atoms with Crippen LogP contribution in [-0.4, -0.2) is 25.9 Å². The first-order valence-corrected chi connectivity index (χ1v) is 6.82. The third-order valence-electron chi connectivity index (χ3n) is 3.35. The summed E-state index contributed by atoms with van der Waals surface area (Å²) in [5, 5.41) is 4.16. The van der Waals surface area contributed by atoms with Gasteiger partial charge in [0.15, 0.2) is 0 Å². The fourth-order valence-electron chi connectivity index (χ4n) is 2.29. The molecule has 100 valence electrons. The van der Waals surface area contributed by atoms with E-state index >= 15 is 0 Å². The minimum Gasteiger partial charge on any atom is -0.495 e. The molecule has 0 radical (unpaired) electrons. The number of methoxy groups -OCH3 is 1. The van der Waals surface area contributed by atoms with Crippen molar-refractivity contribution in [2.45, 2.75) is 38.3 Å². The lowest BCUT2D eigenvalue weighted by Gasteiger charge is -2.30. The minimum atomic E-state index is 0.380. The van der Waals surface area contributed by atoms with E-state index in [0.29, 0.717) is 22.9 Å². The second-order valence-corrected chi connectivity index (χ2v) is 5.02. The highest BCUT2D eigenvalue weighted by molar-refractivity contribution is 6.32. The van der Waals surface area contributed by atoms with Crippen LogP contribution in [0.5, 0.6) is 5.75 Å². The molecule has 18 heavy (non-hydrogen) atoms. The van der Waals surface area contributed by atoms with Crippen LogP contribution in [0.15, 0.2) is 18.2 Å². The van der Waals surface area contributed by atoms with E-state index < -0.39 is 0 Å². The van der Waals surface area contributed by atoms with Gasteiger partial charge in [0.25, 0.3) is 0 Å². The van der Waals surface area contributed by atoms with Gasteiger partial charge in [-0.3, -0.25) is 0 Å². The van der Waals surface area contributed by atoms with Crippen LogP contribution in [0.25, 0.3) is 0 Å². The van der Waals surface area contributed by atoms with Gasteiger partial charge in [-0.25, -0.2) is 0 Å². The summed E-state index contributed by atoms with van der Waals surface area (Å²) in [5.41, 5.74) is 1.04. The van der Waals surface area contributed by atoms with Gasteiger partial charge < -0.3 is 14.8 Å². The molecule has 1 aliphatic heterocycles. The molecule has 2 unspecified atom stereocenters. The molecule has 0 amide bonds. The van der Waals surface area contributed by atoms with Crippen molar-refractivity contribution in [1.29, 1.82) is 0 Å². The largest absolute Gasteiger partial charge is 0.495 e. The Balaban J connectivity index is 1.98. The zero-order valence-corrected chi connectivity index (χ0v) is 11.7. The van der Waals surface area contributed by atoms with Gasteiger partial charge in [0.1, 0.15) is 5.75 Å². The summed E-state index contributed by atoms with van der Waals surface area (Å²) in [5.74, 6) is 0.709. The lowest BCUT2D eigenvalue weighted by molar-refractivity contribution is 0.00926. The molecule has 1 aliphatic rings. The summed E-state index contributed by atoms with van der Waals surface area (Å²) >= 11 is 6.11. The summed E-state index contributed by atoms with van der Waals surface area (Å²) in [6, 6.07) is 6.27. The van der Waals surface area contributed by atoms with Gasteiger partial charge in [-0.05, 0) is 37.5 Å². The van der Waals surface area contributed by atoms with E-state index in [9.17, 15) is 0 Å². The van der Waals surface area contributed by atoms with Gasteiger partial charge in [0, 0.05) is 18.3 Å². The number of anilines is 1. The molecule has 0 spiro atoms. The SMILES string of the molecule is CCC1CC(Nc2ccc(OC)c(Cl)c2)CCO1. The van der Waals surface area contributed by atoms with Crippen LogP contribution < -0.4 is 10.1 Å². The van der Waals surface area contributed by atoms with E-state index in [2.05, 4.69) is 12.2 Å². The van der Waals surface area contributed by atoms with Gasteiger partial charge in [-0.2, -0.15) is 0 Å². The van der Waals surface area contributed by atoms with Gasteiger partial charge >= 0.3 is 0 Å². The van der Waals surface area contributed by atoms with Crippen molar-refractivity contribution < 1.29 is 9.47 Å². The monoisotopic (exact) mass is 269 g/mol. The third kappa shape index (κ3) is 3.30. The number of hydrogen-bond acceptors (Lipinski definition) is 3. The minimum absolute atomic E-state index is 0.380. The van der Waals surface area contributed by atoms with Crippen molar-refractivity contribution in [2.75, 3.05) is 19.0 Å². The molecule has 0 saturated carbocycles. The number of benzene rings is 1. The van der Waals surface area contributed by atoms with Crippen molar-refractivity contribution in [3.05, 3.63) is 23.2 Å². The molecule has 0 aromatic heterocycles. The third-order valence-corrected chi connectivity index (χ3v) is 3.64. The lowest BCUT2D eigenvalue weighted by atomic mass is 10.0. The van der Waals surface area contributed by atoms with Crippen molar-refractivity contribution in [1.82, 2.24) is 0 Å². The van der Waals surface area contributed by atoms with E-state index in [1.54, 1.807) is 7.11 Å². The highest BCUT2D eigenvalue weighted by atomic mass is 35.5. The summed E-state index contributed by atoms with van der Waals surface area (Å²) < 4.78 is 10.8. The zero-order valence-electron chi connectivity index (χ0n) is 10.9. The molecule has 1 N–H and O–H groups in total. The maximum Gasteiger partial charge on any atom is 0.137 e. The predicted molar refractivity (Wildman–Crippen MR) is 74.7 cm³/mol. The number of nitrogens with one attached hydrogen (secondary N) is 1. The highest BCUT2D eigenvalue weighted by Gasteiger charge is 2.21. The topological polar surface area (TPSA) is 30.5 Å². The molecular weight excluding hydrogens is 250 g/mol. The Kier molecular flexibility index (Phi) is 4.72. The fraction of sp³-hybridized carbons (Fsp3) is 0.571. The molecule has 2 rings (SSSR count). The molecule has 1 saturated heterocycles. The Bertz CT molecular complexity index is 397. The second kappa shape index (κ2) is 6.30. The fourth-order valence-corrected chi connectivity index (χ4v) is 2.55. The Morgan fingerprint density at radius 1 is 1.50 bits per heavy atom. The molecule has 4 heteroatoms. The maximum absolute atomic E-state index is 6.11. The highest BCUT2D eigenvalue weighted by Crippen LogP contribution is 2.28. The number of ether oxygens (including phenoxy) is 2. The quantitative estimate of drug-likeness (QED) is 0.904. The summed E-state index contributed by atoms with van der Waals surface area (Å²) in [7, 11) is 1.62. The van der Waals surface area contributed by atoms with Gasteiger partial charge in [-0.15, -0.1) is 0 Å². The molecule has 3 nitrogen and oxygen atoms in total. The van der Waals surface area contributed by atoms with Crippen molar-refractivity contribution >= 4 is 17.3 Å². The Hall–Kier alpha value is -0.930. The summed E-state index contributed by atoms with van der Waals surface area (Å²) in [6.07, 6.45) is 3.55. The Morgan fingerprint density at radius 2 is 2.33 bits per heavy atom. The van der Waals surface area contributed by atoms with Gasteiger partial charge in [0.2, 0.25) is 0 Å². The average Bonchev–Trinajstić information content (AvgIpc) is 2.39. The first-order valence-electron chi connectivity index (χ1n) is 6.44. The molecule has 0 aliphatic carbocycles. The number of rotatable bonds is 4.